The van der Waals surface area contributed by atoms with E-state index in [9.17, 15) is 9.59 Å². The molecule has 6 nitrogen and oxygen atoms in total. The Morgan fingerprint density at radius 1 is 1.00 bits per heavy atom. The van der Waals surface area contributed by atoms with Gasteiger partial charge in [0.1, 0.15) is 10.6 Å². The van der Waals surface area contributed by atoms with Crippen molar-refractivity contribution in [3.05, 3.63) is 64.5 Å². The van der Waals surface area contributed by atoms with Gasteiger partial charge in [0.2, 0.25) is 5.91 Å². The monoisotopic (exact) mass is 453 g/mol. The Kier molecular flexibility index (Phi) is 7.89. The van der Waals surface area contributed by atoms with E-state index in [0.717, 1.165) is 22.3 Å². The number of carbonyl (C=O) groups excluding carboxylic acids is 2. The molecule has 0 radical (unpaired) electrons. The van der Waals surface area contributed by atoms with Gasteiger partial charge in [0.15, 0.2) is 11.5 Å². The third kappa shape index (κ3) is 5.48. The molecule has 1 N–H and O–H groups in total. The van der Waals surface area contributed by atoms with Crippen molar-refractivity contribution in [1.82, 2.24) is 0 Å². The number of ether oxygens (including phenoxy) is 3. The van der Waals surface area contributed by atoms with Gasteiger partial charge in [-0.3, -0.25) is 4.79 Å². The lowest BCUT2D eigenvalue weighted by molar-refractivity contribution is -0.116. The van der Waals surface area contributed by atoms with Gasteiger partial charge in [-0.05, 0) is 43.5 Å². The van der Waals surface area contributed by atoms with Crippen LogP contribution in [-0.4, -0.2) is 32.7 Å². The fraction of sp³-hybridized carbons (Fsp3) is 0.280. The van der Waals surface area contributed by atoms with E-state index in [1.807, 2.05) is 54.8 Å². The summed E-state index contributed by atoms with van der Waals surface area (Å²) < 4.78 is 15.8. The van der Waals surface area contributed by atoms with Crippen LogP contribution in [0.2, 0.25) is 0 Å². The van der Waals surface area contributed by atoms with Crippen molar-refractivity contribution < 1.29 is 23.8 Å². The van der Waals surface area contributed by atoms with Gasteiger partial charge < -0.3 is 19.5 Å². The zero-order valence-electron chi connectivity index (χ0n) is 18.7. The average Bonchev–Trinajstić information content (AvgIpc) is 3.21. The quantitative estimate of drug-likeness (QED) is 0.434. The van der Waals surface area contributed by atoms with Crippen molar-refractivity contribution in [2.45, 2.75) is 26.7 Å². The van der Waals surface area contributed by atoms with E-state index >= 15 is 0 Å². The van der Waals surface area contributed by atoms with Gasteiger partial charge in [0, 0.05) is 17.4 Å². The number of anilines is 1. The number of nitrogens with one attached hydrogen (secondary N) is 1. The number of amides is 1. The smallest absolute Gasteiger partial charge is 0.341 e. The molecule has 0 spiro atoms. The van der Waals surface area contributed by atoms with Crippen LogP contribution >= 0.6 is 11.3 Å². The fourth-order valence-corrected chi connectivity index (χ4v) is 4.26. The van der Waals surface area contributed by atoms with E-state index in [1.165, 1.54) is 11.3 Å². The summed E-state index contributed by atoms with van der Waals surface area (Å²) in [7, 11) is 3.16. The topological polar surface area (TPSA) is 73.9 Å². The van der Waals surface area contributed by atoms with E-state index in [4.69, 9.17) is 14.2 Å². The number of thiophene rings is 1. The lowest BCUT2D eigenvalue weighted by Gasteiger charge is -2.10. The Morgan fingerprint density at radius 2 is 1.72 bits per heavy atom. The normalized spacial score (nSPS) is 10.5. The molecule has 1 amide bonds. The number of benzene rings is 2. The first-order valence-corrected chi connectivity index (χ1v) is 11.2. The lowest BCUT2D eigenvalue weighted by Crippen LogP contribution is -2.15. The first-order valence-electron chi connectivity index (χ1n) is 10.3. The van der Waals surface area contributed by atoms with Crippen molar-refractivity contribution in [1.29, 1.82) is 0 Å². The molecule has 0 unspecified atom stereocenters. The predicted octanol–water partition coefficient (Wildman–Crippen LogP) is 5.49. The maximum absolute atomic E-state index is 12.7. The number of methoxy groups -OCH3 is 2. The van der Waals surface area contributed by atoms with Crippen molar-refractivity contribution in [2.24, 2.45) is 0 Å². The zero-order valence-corrected chi connectivity index (χ0v) is 19.5. The molecular formula is C25H27NO5S. The Morgan fingerprint density at radius 3 is 2.38 bits per heavy atom. The number of hydrogen-bond donors (Lipinski definition) is 1. The average molecular weight is 454 g/mol. The summed E-state index contributed by atoms with van der Waals surface area (Å²) in [6.07, 6.45) is 0.784. The Labute approximate surface area is 192 Å². The van der Waals surface area contributed by atoms with Crippen LogP contribution in [0, 0.1) is 6.92 Å². The molecule has 2 aromatic carbocycles. The molecule has 3 aromatic rings. The van der Waals surface area contributed by atoms with Crippen molar-refractivity contribution in [3.63, 3.8) is 0 Å². The van der Waals surface area contributed by atoms with E-state index < -0.39 is 5.97 Å². The molecule has 0 aliphatic carbocycles. The van der Waals surface area contributed by atoms with Gasteiger partial charge >= 0.3 is 5.97 Å². The molecule has 0 saturated heterocycles. The predicted molar refractivity (Wildman–Crippen MR) is 127 cm³/mol. The second-order valence-electron chi connectivity index (χ2n) is 7.18. The fourth-order valence-electron chi connectivity index (χ4n) is 3.28. The summed E-state index contributed by atoms with van der Waals surface area (Å²) in [4.78, 5) is 25.4. The summed E-state index contributed by atoms with van der Waals surface area (Å²) >= 11 is 1.32. The van der Waals surface area contributed by atoms with Crippen LogP contribution in [0.3, 0.4) is 0 Å². The van der Waals surface area contributed by atoms with E-state index in [1.54, 1.807) is 21.1 Å². The van der Waals surface area contributed by atoms with Crippen LogP contribution in [-0.2, 0) is 16.0 Å². The Hall–Kier alpha value is -3.32. The molecule has 3 rings (SSSR count). The minimum Gasteiger partial charge on any atom is -0.493 e. The Balaban J connectivity index is 1.77. The molecule has 0 bridgehead atoms. The third-order valence-electron chi connectivity index (χ3n) is 4.97. The number of hydrogen-bond acceptors (Lipinski definition) is 6. The van der Waals surface area contributed by atoms with Crippen molar-refractivity contribution >= 4 is 28.2 Å². The summed E-state index contributed by atoms with van der Waals surface area (Å²) in [5, 5.41) is 5.27. The second kappa shape index (κ2) is 10.8. The number of aryl methyl sites for hydroxylation is 2. The van der Waals surface area contributed by atoms with Crippen LogP contribution in [0.5, 0.6) is 11.5 Å². The highest BCUT2D eigenvalue weighted by atomic mass is 32.1. The van der Waals surface area contributed by atoms with Crippen LogP contribution < -0.4 is 14.8 Å². The van der Waals surface area contributed by atoms with E-state index in [0.29, 0.717) is 28.5 Å². The minimum atomic E-state index is -0.445. The first kappa shape index (κ1) is 23.3. The van der Waals surface area contributed by atoms with E-state index in [2.05, 4.69) is 5.32 Å². The third-order valence-corrected chi connectivity index (χ3v) is 5.87. The summed E-state index contributed by atoms with van der Waals surface area (Å²) in [6, 6.07) is 13.5. The molecule has 1 heterocycles. The molecular weight excluding hydrogens is 426 g/mol. The molecule has 0 saturated carbocycles. The van der Waals surface area contributed by atoms with Gasteiger partial charge in [0.05, 0.1) is 20.8 Å². The second-order valence-corrected chi connectivity index (χ2v) is 8.06. The van der Waals surface area contributed by atoms with Crippen LogP contribution in [0.1, 0.15) is 34.8 Å². The molecule has 32 heavy (non-hydrogen) atoms. The Bertz CT molecular complexity index is 1090. The molecule has 0 aliphatic heterocycles. The number of carbonyl (C=O) groups is 2. The highest BCUT2D eigenvalue weighted by Crippen LogP contribution is 2.36. The standard InChI is InChI=1S/C25H27NO5S/c1-5-31-25(28)23-19(18-10-6-16(2)7-11-18)15-32-24(23)26-22(27)13-9-17-8-12-20(29-3)21(14-17)30-4/h6-8,10-12,14-15H,5,9,13H2,1-4H3,(H,26,27). The summed E-state index contributed by atoms with van der Waals surface area (Å²) in [6.45, 7) is 4.03. The molecule has 168 valence electrons. The highest BCUT2D eigenvalue weighted by Gasteiger charge is 2.22. The van der Waals surface area contributed by atoms with Gasteiger partial charge in [-0.15, -0.1) is 11.3 Å². The maximum atomic E-state index is 12.7. The summed E-state index contributed by atoms with van der Waals surface area (Å²) in [5.74, 6) is 0.639. The first-order chi connectivity index (χ1) is 15.5. The lowest BCUT2D eigenvalue weighted by atomic mass is 10.0. The molecule has 7 heteroatoms. The maximum Gasteiger partial charge on any atom is 0.341 e. The largest absolute Gasteiger partial charge is 0.493 e. The van der Waals surface area contributed by atoms with E-state index in [-0.39, 0.29) is 18.9 Å². The van der Waals surface area contributed by atoms with Gasteiger partial charge in [-0.1, -0.05) is 35.9 Å². The molecule has 0 fully saturated rings. The molecule has 0 aliphatic rings. The van der Waals surface area contributed by atoms with Gasteiger partial charge in [-0.2, -0.15) is 0 Å². The minimum absolute atomic E-state index is 0.178. The van der Waals surface area contributed by atoms with Gasteiger partial charge in [0.25, 0.3) is 0 Å². The molecule has 1 aromatic heterocycles. The van der Waals surface area contributed by atoms with Crippen molar-refractivity contribution in [2.75, 3.05) is 26.1 Å². The van der Waals surface area contributed by atoms with Gasteiger partial charge in [-0.25, -0.2) is 4.79 Å². The number of esters is 1. The number of rotatable bonds is 9. The highest BCUT2D eigenvalue weighted by molar-refractivity contribution is 7.15. The van der Waals surface area contributed by atoms with Crippen LogP contribution in [0.15, 0.2) is 47.8 Å². The summed E-state index contributed by atoms with van der Waals surface area (Å²) in [5.41, 5.74) is 4.13. The van der Waals surface area contributed by atoms with Crippen molar-refractivity contribution in [3.8, 4) is 22.6 Å². The molecule has 0 atom stereocenters. The van der Waals surface area contributed by atoms with Crippen LogP contribution in [0.4, 0.5) is 5.00 Å². The SMILES string of the molecule is CCOC(=O)c1c(-c2ccc(C)cc2)csc1NC(=O)CCc1ccc(OC)c(OC)c1. The van der Waals surface area contributed by atoms with Crippen LogP contribution in [0.25, 0.3) is 11.1 Å². The zero-order chi connectivity index (χ0) is 23.1.